The van der Waals surface area contributed by atoms with Gasteiger partial charge in [-0.2, -0.15) is 0 Å². The molecule has 0 aliphatic heterocycles. The number of methoxy groups -OCH3 is 1. The molecule has 0 radical (unpaired) electrons. The molecule has 1 saturated carbocycles. The quantitative estimate of drug-likeness (QED) is 0.587. The number of hydrogen-bond acceptors (Lipinski definition) is 3. The van der Waals surface area contributed by atoms with E-state index in [-0.39, 0.29) is 5.41 Å². The zero-order valence-corrected chi connectivity index (χ0v) is 13.5. The second kappa shape index (κ2) is 10.6. The molecule has 1 rings (SSSR count). The Morgan fingerprint density at radius 2 is 1.85 bits per heavy atom. The zero-order chi connectivity index (χ0) is 14.7. The number of hydrogen-bond donors (Lipinski definition) is 1. The van der Waals surface area contributed by atoms with Crippen LogP contribution >= 0.6 is 0 Å². The van der Waals surface area contributed by atoms with Gasteiger partial charge in [-0.3, -0.25) is 0 Å². The van der Waals surface area contributed by atoms with Crippen LogP contribution in [0, 0.1) is 11.3 Å². The van der Waals surface area contributed by atoms with Gasteiger partial charge in [-0.25, -0.2) is 0 Å². The molecule has 0 aromatic rings. The van der Waals surface area contributed by atoms with Gasteiger partial charge in [0.05, 0.1) is 0 Å². The van der Waals surface area contributed by atoms with Gasteiger partial charge in [0.2, 0.25) is 0 Å². The highest BCUT2D eigenvalue weighted by Crippen LogP contribution is 2.42. The van der Waals surface area contributed by atoms with Crippen molar-refractivity contribution in [1.82, 2.24) is 0 Å². The van der Waals surface area contributed by atoms with Crippen LogP contribution in [0.5, 0.6) is 0 Å². The number of ether oxygens (including phenoxy) is 2. The lowest BCUT2D eigenvalue weighted by Gasteiger charge is -2.39. The summed E-state index contributed by atoms with van der Waals surface area (Å²) in [5, 5.41) is 9.77. The summed E-state index contributed by atoms with van der Waals surface area (Å²) in [7, 11) is 1.72. The van der Waals surface area contributed by atoms with Crippen LogP contribution in [-0.2, 0) is 9.47 Å². The van der Waals surface area contributed by atoms with Gasteiger partial charge in [0.15, 0.2) is 0 Å². The van der Waals surface area contributed by atoms with E-state index in [4.69, 9.17) is 9.47 Å². The summed E-state index contributed by atoms with van der Waals surface area (Å²) in [5.41, 5.74) is 0.143. The predicted molar refractivity (Wildman–Crippen MR) is 82.9 cm³/mol. The summed E-state index contributed by atoms with van der Waals surface area (Å²) in [6.07, 6.45) is 11.0. The predicted octanol–water partition coefficient (Wildman–Crippen LogP) is 3.79. The highest BCUT2D eigenvalue weighted by Gasteiger charge is 2.34. The maximum atomic E-state index is 9.77. The van der Waals surface area contributed by atoms with Crippen LogP contribution in [0.3, 0.4) is 0 Å². The number of unbranched alkanes of at least 4 members (excludes halogenated alkanes) is 1. The smallest absolute Gasteiger partial charge is 0.0488 e. The summed E-state index contributed by atoms with van der Waals surface area (Å²) < 4.78 is 10.7. The van der Waals surface area contributed by atoms with Gasteiger partial charge in [0, 0.05) is 33.5 Å². The van der Waals surface area contributed by atoms with E-state index in [1.54, 1.807) is 7.11 Å². The van der Waals surface area contributed by atoms with Crippen LogP contribution in [0.1, 0.15) is 64.7 Å². The molecule has 0 unspecified atom stereocenters. The van der Waals surface area contributed by atoms with Gasteiger partial charge in [-0.1, -0.05) is 26.2 Å². The van der Waals surface area contributed by atoms with Crippen molar-refractivity contribution >= 4 is 0 Å². The number of aliphatic hydroxyl groups is 1. The molecular formula is C17H34O3. The van der Waals surface area contributed by atoms with Crippen molar-refractivity contribution in [1.29, 1.82) is 0 Å². The van der Waals surface area contributed by atoms with Crippen LogP contribution < -0.4 is 0 Å². The van der Waals surface area contributed by atoms with Crippen LogP contribution in [-0.4, -0.2) is 38.6 Å². The maximum Gasteiger partial charge on any atom is 0.0488 e. The average Bonchev–Trinajstić information content (AvgIpc) is 2.50. The summed E-state index contributed by atoms with van der Waals surface area (Å²) in [6, 6.07) is 0. The van der Waals surface area contributed by atoms with Gasteiger partial charge in [0.25, 0.3) is 0 Å². The SMILES string of the molecule is CCCCC1CCC(CO)(CCOCCCOC)CC1. The lowest BCUT2D eigenvalue weighted by Crippen LogP contribution is -2.32. The first-order valence-corrected chi connectivity index (χ1v) is 8.44. The van der Waals surface area contributed by atoms with Crippen molar-refractivity contribution in [2.24, 2.45) is 11.3 Å². The summed E-state index contributed by atoms with van der Waals surface area (Å²) in [5.74, 6) is 0.900. The summed E-state index contributed by atoms with van der Waals surface area (Å²) in [4.78, 5) is 0. The number of aliphatic hydroxyl groups excluding tert-OH is 1. The van der Waals surface area contributed by atoms with Crippen molar-refractivity contribution in [2.75, 3.05) is 33.5 Å². The molecule has 0 spiro atoms. The van der Waals surface area contributed by atoms with Crippen molar-refractivity contribution in [3.8, 4) is 0 Å². The van der Waals surface area contributed by atoms with Crippen LogP contribution in [0.2, 0.25) is 0 Å². The van der Waals surface area contributed by atoms with E-state index in [2.05, 4.69) is 6.92 Å². The Morgan fingerprint density at radius 3 is 2.45 bits per heavy atom. The van der Waals surface area contributed by atoms with Gasteiger partial charge in [-0.15, -0.1) is 0 Å². The fourth-order valence-corrected chi connectivity index (χ4v) is 3.25. The Morgan fingerprint density at radius 1 is 1.10 bits per heavy atom. The van der Waals surface area contributed by atoms with Crippen LogP contribution in [0.25, 0.3) is 0 Å². The summed E-state index contributed by atoms with van der Waals surface area (Å²) >= 11 is 0. The molecule has 0 bridgehead atoms. The Hall–Kier alpha value is -0.120. The minimum absolute atomic E-state index is 0.143. The van der Waals surface area contributed by atoms with E-state index in [9.17, 15) is 5.11 Å². The molecule has 1 aliphatic carbocycles. The average molecular weight is 286 g/mol. The highest BCUT2D eigenvalue weighted by molar-refractivity contribution is 4.85. The lowest BCUT2D eigenvalue weighted by molar-refractivity contribution is 0.0164. The van der Waals surface area contributed by atoms with E-state index in [1.807, 2.05) is 0 Å². The van der Waals surface area contributed by atoms with Gasteiger partial charge < -0.3 is 14.6 Å². The third kappa shape index (κ3) is 6.55. The molecule has 1 N–H and O–H groups in total. The molecule has 0 heterocycles. The van der Waals surface area contributed by atoms with E-state index >= 15 is 0 Å². The van der Waals surface area contributed by atoms with Crippen molar-refractivity contribution in [2.45, 2.75) is 64.7 Å². The molecular weight excluding hydrogens is 252 g/mol. The van der Waals surface area contributed by atoms with Crippen molar-refractivity contribution in [3.63, 3.8) is 0 Å². The first-order chi connectivity index (χ1) is 9.76. The van der Waals surface area contributed by atoms with Crippen LogP contribution in [0.15, 0.2) is 0 Å². The molecule has 0 aromatic carbocycles. The third-order valence-corrected chi connectivity index (χ3v) is 4.88. The topological polar surface area (TPSA) is 38.7 Å². The Kier molecular flexibility index (Phi) is 9.49. The minimum Gasteiger partial charge on any atom is -0.396 e. The molecule has 20 heavy (non-hydrogen) atoms. The van der Waals surface area contributed by atoms with Gasteiger partial charge >= 0.3 is 0 Å². The Bertz CT molecular complexity index is 222. The molecule has 3 nitrogen and oxygen atoms in total. The molecule has 0 amide bonds. The van der Waals surface area contributed by atoms with E-state index in [0.29, 0.717) is 6.61 Å². The molecule has 0 aromatic heterocycles. The fourth-order valence-electron chi connectivity index (χ4n) is 3.25. The molecule has 0 atom stereocenters. The Balaban J connectivity index is 2.17. The highest BCUT2D eigenvalue weighted by atomic mass is 16.5. The largest absolute Gasteiger partial charge is 0.396 e. The fraction of sp³-hybridized carbons (Fsp3) is 1.00. The maximum absolute atomic E-state index is 9.77. The first kappa shape index (κ1) is 17.9. The zero-order valence-electron chi connectivity index (χ0n) is 13.5. The molecule has 1 fully saturated rings. The summed E-state index contributed by atoms with van der Waals surface area (Å²) in [6.45, 7) is 4.92. The van der Waals surface area contributed by atoms with Gasteiger partial charge in [-0.05, 0) is 49.9 Å². The van der Waals surface area contributed by atoms with E-state index in [1.165, 1.54) is 44.9 Å². The second-order valence-corrected chi connectivity index (χ2v) is 6.45. The second-order valence-electron chi connectivity index (χ2n) is 6.45. The molecule has 1 aliphatic rings. The van der Waals surface area contributed by atoms with E-state index < -0.39 is 0 Å². The van der Waals surface area contributed by atoms with E-state index in [0.717, 1.165) is 38.6 Å². The molecule has 0 saturated heterocycles. The first-order valence-electron chi connectivity index (χ1n) is 8.44. The third-order valence-electron chi connectivity index (χ3n) is 4.88. The monoisotopic (exact) mass is 286 g/mol. The molecule has 3 heteroatoms. The number of rotatable bonds is 11. The van der Waals surface area contributed by atoms with Crippen molar-refractivity contribution in [3.05, 3.63) is 0 Å². The van der Waals surface area contributed by atoms with Gasteiger partial charge in [0.1, 0.15) is 0 Å². The lowest BCUT2D eigenvalue weighted by atomic mass is 9.68. The van der Waals surface area contributed by atoms with Crippen LogP contribution in [0.4, 0.5) is 0 Å². The normalized spacial score (nSPS) is 26.9. The van der Waals surface area contributed by atoms with Crippen molar-refractivity contribution < 1.29 is 14.6 Å². The molecule has 120 valence electrons. The minimum atomic E-state index is 0.143. The standard InChI is InChI=1S/C17H34O3/c1-3-4-6-16-7-9-17(15-18,10-8-16)11-14-20-13-5-12-19-2/h16,18H,3-15H2,1-2H3. The Labute approximate surface area is 125 Å².